The van der Waals surface area contributed by atoms with Gasteiger partial charge in [0.1, 0.15) is 11.3 Å². The summed E-state index contributed by atoms with van der Waals surface area (Å²) in [6, 6.07) is 3.60. The van der Waals surface area contributed by atoms with Gasteiger partial charge in [-0.25, -0.2) is 4.79 Å². The molecule has 1 N–H and O–H groups in total. The van der Waals surface area contributed by atoms with Crippen LogP contribution in [0.3, 0.4) is 0 Å². The molecule has 154 valence electrons. The molecule has 0 aliphatic carbocycles. The Bertz CT molecular complexity index is 1020. The van der Waals surface area contributed by atoms with Gasteiger partial charge < -0.3 is 19.3 Å². The lowest BCUT2D eigenvalue weighted by Crippen LogP contribution is -2.37. The number of nitrogens with zero attached hydrogens (tertiary/aromatic N) is 2. The van der Waals surface area contributed by atoms with Crippen molar-refractivity contribution in [2.45, 2.75) is 46.6 Å². The first-order valence-corrected chi connectivity index (χ1v) is 10.4. The quantitative estimate of drug-likeness (QED) is 0.840. The number of aromatic carboxylic acids is 1. The van der Waals surface area contributed by atoms with Crippen LogP contribution in [0, 0.1) is 5.92 Å². The molecule has 0 saturated carbocycles. The molecular formula is C23H28N2O4. The zero-order chi connectivity index (χ0) is 20.7. The van der Waals surface area contributed by atoms with E-state index in [4.69, 9.17) is 4.74 Å². The fraction of sp³-hybridized carbons (Fsp3) is 0.478. The first kappa shape index (κ1) is 19.6. The maximum absolute atomic E-state index is 12.2. The van der Waals surface area contributed by atoms with E-state index in [1.54, 1.807) is 0 Å². The molecule has 29 heavy (non-hydrogen) atoms. The molecule has 3 aliphatic heterocycles. The molecule has 6 heteroatoms. The Morgan fingerprint density at radius 2 is 1.83 bits per heavy atom. The largest absolute Gasteiger partial charge is 0.491 e. The Kier molecular flexibility index (Phi) is 5.11. The fourth-order valence-corrected chi connectivity index (χ4v) is 4.11. The van der Waals surface area contributed by atoms with E-state index < -0.39 is 11.4 Å². The monoisotopic (exact) mass is 396 g/mol. The van der Waals surface area contributed by atoms with Crippen molar-refractivity contribution in [1.82, 2.24) is 4.57 Å². The van der Waals surface area contributed by atoms with Crippen LogP contribution in [-0.4, -0.2) is 35.3 Å². The van der Waals surface area contributed by atoms with Gasteiger partial charge in [-0.1, -0.05) is 20.8 Å². The molecule has 1 saturated heterocycles. The van der Waals surface area contributed by atoms with Crippen molar-refractivity contribution in [1.29, 1.82) is 0 Å². The average molecular weight is 396 g/mol. The van der Waals surface area contributed by atoms with E-state index in [0.717, 1.165) is 54.5 Å². The summed E-state index contributed by atoms with van der Waals surface area (Å²) >= 11 is 0. The molecule has 6 nitrogen and oxygen atoms in total. The minimum Gasteiger partial charge on any atom is -0.491 e. The Morgan fingerprint density at radius 1 is 1.10 bits per heavy atom. The van der Waals surface area contributed by atoms with Crippen LogP contribution in [0.1, 0.15) is 48.7 Å². The van der Waals surface area contributed by atoms with Gasteiger partial charge in [0.05, 0.1) is 18.0 Å². The van der Waals surface area contributed by atoms with Crippen LogP contribution >= 0.6 is 0 Å². The summed E-state index contributed by atoms with van der Waals surface area (Å²) in [5, 5.41) is 9.21. The molecule has 0 spiro atoms. The third-order valence-electron chi connectivity index (χ3n) is 5.51. The second-order valence-electron chi connectivity index (χ2n) is 8.59. The summed E-state index contributed by atoms with van der Waals surface area (Å²) < 4.78 is 7.82. The highest BCUT2D eigenvalue weighted by molar-refractivity contribution is 5.88. The van der Waals surface area contributed by atoms with Crippen molar-refractivity contribution < 1.29 is 14.6 Å². The topological polar surface area (TPSA) is 71.8 Å². The molecule has 0 atom stereocenters. The molecule has 1 fully saturated rings. The van der Waals surface area contributed by atoms with Gasteiger partial charge >= 0.3 is 5.97 Å². The third kappa shape index (κ3) is 3.52. The highest BCUT2D eigenvalue weighted by Crippen LogP contribution is 2.46. The van der Waals surface area contributed by atoms with E-state index in [9.17, 15) is 14.7 Å². The van der Waals surface area contributed by atoms with Crippen molar-refractivity contribution in [2.75, 3.05) is 24.6 Å². The van der Waals surface area contributed by atoms with Gasteiger partial charge in [-0.2, -0.15) is 0 Å². The zero-order valence-corrected chi connectivity index (χ0v) is 17.3. The van der Waals surface area contributed by atoms with E-state index in [1.165, 1.54) is 29.8 Å². The standard InChI is InChI=1S/C19H18N2O4.C4H10/c22-17-9-15-13-8-16(20-4-1-5-20)18-12(3-7-25-18)11(13)2-6-21(15)10-14(17)19(23)24;1-4(2)3/h8-10H,1-7H2,(H,23,24);4H,1-3H3. The molecule has 1 aromatic carbocycles. The number of carboxylic acids is 1. The maximum Gasteiger partial charge on any atom is 0.341 e. The molecule has 2 aromatic rings. The van der Waals surface area contributed by atoms with Crippen LogP contribution in [0.15, 0.2) is 23.1 Å². The highest BCUT2D eigenvalue weighted by Gasteiger charge is 2.31. The van der Waals surface area contributed by atoms with E-state index in [2.05, 4.69) is 31.7 Å². The fourth-order valence-electron chi connectivity index (χ4n) is 4.11. The van der Waals surface area contributed by atoms with Gasteiger partial charge in [0.25, 0.3) is 0 Å². The van der Waals surface area contributed by atoms with Crippen LogP contribution in [0.5, 0.6) is 5.75 Å². The maximum atomic E-state index is 12.2. The normalized spacial score (nSPS) is 16.1. The Labute approximate surface area is 170 Å². The van der Waals surface area contributed by atoms with Gasteiger partial charge in [-0.15, -0.1) is 0 Å². The van der Waals surface area contributed by atoms with Gasteiger partial charge in [-0.05, 0) is 30.4 Å². The first-order chi connectivity index (χ1) is 13.9. The molecule has 5 rings (SSSR count). The van der Waals surface area contributed by atoms with E-state index in [0.29, 0.717) is 13.2 Å². The van der Waals surface area contributed by atoms with Crippen molar-refractivity contribution in [3.8, 4) is 17.0 Å². The number of rotatable bonds is 2. The number of carbonyl (C=O) groups is 1. The SMILES string of the molecule is CC(C)C.O=C(O)c1cn2c(cc1=O)-c1cc(N3CCC3)c3c(c1CC2)CCO3. The predicted octanol–water partition coefficient (Wildman–Crippen LogP) is 3.58. The molecule has 0 unspecified atom stereocenters. The summed E-state index contributed by atoms with van der Waals surface area (Å²) in [7, 11) is 0. The van der Waals surface area contributed by atoms with Crippen molar-refractivity contribution >= 4 is 11.7 Å². The second-order valence-corrected chi connectivity index (χ2v) is 8.59. The number of fused-ring (bicyclic) bond motifs is 5. The van der Waals surface area contributed by atoms with Crippen molar-refractivity contribution in [3.63, 3.8) is 0 Å². The smallest absolute Gasteiger partial charge is 0.341 e. The van der Waals surface area contributed by atoms with E-state index in [-0.39, 0.29) is 5.56 Å². The van der Waals surface area contributed by atoms with Crippen LogP contribution in [0.2, 0.25) is 0 Å². The van der Waals surface area contributed by atoms with Gasteiger partial charge in [0.2, 0.25) is 0 Å². The summed E-state index contributed by atoms with van der Waals surface area (Å²) in [6.07, 6.45) is 4.40. The summed E-state index contributed by atoms with van der Waals surface area (Å²) in [5.74, 6) is 0.672. The van der Waals surface area contributed by atoms with Crippen molar-refractivity contribution in [3.05, 3.63) is 45.2 Å². The summed E-state index contributed by atoms with van der Waals surface area (Å²) in [5.41, 5.74) is 4.88. The number of ether oxygens (including phenoxy) is 1. The van der Waals surface area contributed by atoms with Gasteiger partial charge in [0, 0.05) is 49.4 Å². The number of pyridine rings is 1. The van der Waals surface area contributed by atoms with E-state index >= 15 is 0 Å². The summed E-state index contributed by atoms with van der Waals surface area (Å²) in [4.78, 5) is 25.8. The molecule has 0 amide bonds. The number of hydrogen-bond donors (Lipinski definition) is 1. The minimum atomic E-state index is -1.17. The number of aryl methyl sites for hydroxylation is 1. The number of carboxylic acid groups (broad SMARTS) is 1. The third-order valence-corrected chi connectivity index (χ3v) is 5.51. The molecule has 0 bridgehead atoms. The second kappa shape index (κ2) is 7.58. The lowest BCUT2D eigenvalue weighted by atomic mass is 9.89. The Hall–Kier alpha value is -2.76. The van der Waals surface area contributed by atoms with Gasteiger partial charge in [-0.3, -0.25) is 4.79 Å². The number of hydrogen-bond acceptors (Lipinski definition) is 4. The Balaban J connectivity index is 0.000000472. The summed E-state index contributed by atoms with van der Waals surface area (Å²) in [6.45, 7) is 9.94. The average Bonchev–Trinajstić information content (AvgIpc) is 3.09. The number of anilines is 1. The lowest BCUT2D eigenvalue weighted by molar-refractivity contribution is 0.0694. The lowest BCUT2D eigenvalue weighted by Gasteiger charge is -2.36. The number of benzene rings is 1. The molecular weight excluding hydrogens is 368 g/mol. The van der Waals surface area contributed by atoms with Gasteiger partial charge in [0.15, 0.2) is 5.43 Å². The molecule has 3 aliphatic rings. The number of aromatic nitrogens is 1. The van der Waals surface area contributed by atoms with Crippen molar-refractivity contribution in [2.24, 2.45) is 5.92 Å². The molecule has 4 heterocycles. The van der Waals surface area contributed by atoms with E-state index in [1.807, 2.05) is 4.57 Å². The zero-order valence-electron chi connectivity index (χ0n) is 17.3. The highest BCUT2D eigenvalue weighted by atomic mass is 16.5. The van der Waals surface area contributed by atoms with Crippen LogP contribution in [0.25, 0.3) is 11.3 Å². The van der Waals surface area contributed by atoms with Crippen LogP contribution < -0.4 is 15.1 Å². The van der Waals surface area contributed by atoms with Crippen LogP contribution in [0.4, 0.5) is 5.69 Å². The van der Waals surface area contributed by atoms with Crippen LogP contribution in [-0.2, 0) is 19.4 Å². The minimum absolute atomic E-state index is 0.167. The Morgan fingerprint density at radius 3 is 2.45 bits per heavy atom. The predicted molar refractivity (Wildman–Crippen MR) is 113 cm³/mol. The first-order valence-electron chi connectivity index (χ1n) is 10.4. The molecule has 1 aromatic heterocycles. The molecule has 0 radical (unpaired) electrons.